The van der Waals surface area contributed by atoms with Gasteiger partial charge in [0.1, 0.15) is 12.6 Å². The number of ether oxygens (including phenoxy) is 1. The lowest BCUT2D eigenvalue weighted by molar-refractivity contribution is -0.139. The Labute approximate surface area is 219 Å². The van der Waals surface area contributed by atoms with E-state index in [0.717, 1.165) is 39.1 Å². The number of fused-ring (bicyclic) bond motifs is 3. The van der Waals surface area contributed by atoms with Crippen molar-refractivity contribution in [2.24, 2.45) is 7.05 Å². The highest BCUT2D eigenvalue weighted by Crippen LogP contribution is 2.44. The second-order valence-electron chi connectivity index (χ2n) is 9.17. The standard InChI is InChI=1S/C29H26ClN3O4/c1-17-25(15-33(2)32-17)20-12-11-19(30)13-18(20)14-27(28(34)35)31-29(36)37-16-26-23-9-5-3-7-21(23)22-8-4-6-10-24(22)26/h3-13,15,26-27H,14,16H2,1-2H3,(H,31,36)(H,34,35)/t27-/m0/s1. The van der Waals surface area contributed by atoms with E-state index in [0.29, 0.717) is 10.6 Å². The van der Waals surface area contributed by atoms with E-state index >= 15 is 0 Å². The molecule has 188 valence electrons. The van der Waals surface area contributed by atoms with Crippen molar-refractivity contribution in [3.8, 4) is 22.3 Å². The van der Waals surface area contributed by atoms with Gasteiger partial charge in [-0.15, -0.1) is 0 Å². The van der Waals surface area contributed by atoms with Crippen LogP contribution in [0.15, 0.2) is 72.9 Å². The summed E-state index contributed by atoms with van der Waals surface area (Å²) < 4.78 is 7.27. The van der Waals surface area contributed by atoms with Crippen LogP contribution in [0.2, 0.25) is 5.02 Å². The molecule has 0 saturated heterocycles. The van der Waals surface area contributed by atoms with Crippen molar-refractivity contribution in [3.05, 3.63) is 100 Å². The fourth-order valence-corrected chi connectivity index (χ4v) is 5.25. The van der Waals surface area contributed by atoms with Gasteiger partial charge < -0.3 is 15.2 Å². The Morgan fingerprint density at radius 3 is 2.27 bits per heavy atom. The quantitative estimate of drug-likeness (QED) is 0.335. The van der Waals surface area contributed by atoms with Crippen molar-refractivity contribution < 1.29 is 19.4 Å². The third kappa shape index (κ3) is 4.95. The summed E-state index contributed by atoms with van der Waals surface area (Å²) in [5.74, 6) is -1.28. The van der Waals surface area contributed by atoms with Crippen molar-refractivity contribution in [2.75, 3.05) is 6.61 Å². The number of halogens is 1. The van der Waals surface area contributed by atoms with Crippen LogP contribution < -0.4 is 5.32 Å². The van der Waals surface area contributed by atoms with Crippen molar-refractivity contribution in [1.82, 2.24) is 15.1 Å². The molecule has 1 aliphatic rings. The van der Waals surface area contributed by atoms with Gasteiger partial charge in [-0.25, -0.2) is 9.59 Å². The average molecular weight is 516 g/mol. The number of carboxylic acid groups (broad SMARTS) is 1. The number of nitrogens with zero attached hydrogens (tertiary/aromatic N) is 2. The van der Waals surface area contributed by atoms with E-state index in [4.69, 9.17) is 16.3 Å². The largest absolute Gasteiger partial charge is 0.480 e. The van der Waals surface area contributed by atoms with Crippen LogP contribution in [0.25, 0.3) is 22.3 Å². The molecule has 0 fully saturated rings. The van der Waals surface area contributed by atoms with Gasteiger partial charge in [0.25, 0.3) is 0 Å². The maximum atomic E-state index is 12.8. The van der Waals surface area contributed by atoms with Crippen LogP contribution in [0.3, 0.4) is 0 Å². The molecule has 7 nitrogen and oxygen atoms in total. The van der Waals surface area contributed by atoms with Crippen molar-refractivity contribution >= 4 is 23.7 Å². The minimum atomic E-state index is -1.20. The van der Waals surface area contributed by atoms with Crippen LogP contribution in [-0.4, -0.2) is 39.6 Å². The molecule has 1 amide bonds. The van der Waals surface area contributed by atoms with Crippen molar-refractivity contribution in [2.45, 2.75) is 25.3 Å². The number of hydrogen-bond donors (Lipinski definition) is 2. The first-order chi connectivity index (χ1) is 17.8. The normalized spacial score (nSPS) is 13.1. The molecule has 0 bridgehead atoms. The van der Waals surface area contributed by atoms with Crippen LogP contribution in [0, 0.1) is 6.92 Å². The van der Waals surface area contributed by atoms with Gasteiger partial charge in [0.2, 0.25) is 0 Å². The van der Waals surface area contributed by atoms with Crippen molar-refractivity contribution in [1.29, 1.82) is 0 Å². The lowest BCUT2D eigenvalue weighted by atomic mass is 9.95. The molecular weight excluding hydrogens is 490 g/mol. The van der Waals surface area contributed by atoms with Gasteiger partial charge in [0.05, 0.1) is 5.69 Å². The molecule has 1 atom stereocenters. The summed E-state index contributed by atoms with van der Waals surface area (Å²) in [7, 11) is 1.82. The van der Waals surface area contributed by atoms with Gasteiger partial charge in [-0.05, 0) is 52.4 Å². The molecule has 1 aromatic heterocycles. The molecule has 0 spiro atoms. The maximum Gasteiger partial charge on any atom is 0.407 e. The van der Waals surface area contributed by atoms with Gasteiger partial charge >= 0.3 is 12.1 Å². The Kier molecular flexibility index (Phi) is 6.72. The minimum Gasteiger partial charge on any atom is -0.480 e. The predicted octanol–water partition coefficient (Wildman–Crippen LogP) is 5.58. The van der Waals surface area contributed by atoms with Crippen LogP contribution in [0.1, 0.15) is 28.3 Å². The van der Waals surface area contributed by atoms with Crippen LogP contribution in [0.4, 0.5) is 4.79 Å². The topological polar surface area (TPSA) is 93.5 Å². The number of hydrogen-bond acceptors (Lipinski definition) is 4. The number of carboxylic acids is 1. The van der Waals surface area contributed by atoms with E-state index in [-0.39, 0.29) is 18.9 Å². The highest BCUT2D eigenvalue weighted by molar-refractivity contribution is 6.30. The number of alkyl carbamates (subject to hydrolysis) is 1. The first-order valence-corrected chi connectivity index (χ1v) is 12.3. The van der Waals surface area contributed by atoms with E-state index < -0.39 is 18.1 Å². The monoisotopic (exact) mass is 515 g/mol. The summed E-state index contributed by atoms with van der Waals surface area (Å²) >= 11 is 6.24. The van der Waals surface area contributed by atoms with Crippen LogP contribution >= 0.6 is 11.6 Å². The number of carbonyl (C=O) groups is 2. The summed E-state index contributed by atoms with van der Waals surface area (Å²) in [5.41, 5.74) is 7.60. The molecule has 5 rings (SSSR count). The molecule has 0 aliphatic heterocycles. The molecule has 3 aromatic carbocycles. The Balaban J connectivity index is 1.32. The zero-order valence-electron chi connectivity index (χ0n) is 20.4. The van der Waals surface area contributed by atoms with Gasteiger partial charge in [-0.3, -0.25) is 4.68 Å². The average Bonchev–Trinajstić information content (AvgIpc) is 3.38. The summed E-state index contributed by atoms with van der Waals surface area (Å²) in [6.45, 7) is 1.99. The minimum absolute atomic E-state index is 0.0315. The second kappa shape index (κ2) is 10.1. The Morgan fingerprint density at radius 1 is 1.03 bits per heavy atom. The first kappa shape index (κ1) is 24.6. The molecule has 1 heterocycles. The van der Waals surface area contributed by atoms with Gasteiger partial charge in [-0.1, -0.05) is 66.2 Å². The van der Waals surface area contributed by atoms with Crippen LogP contribution in [0.5, 0.6) is 0 Å². The SMILES string of the molecule is Cc1nn(C)cc1-c1ccc(Cl)cc1C[C@H](NC(=O)OCC1c2ccccc2-c2ccccc21)C(=O)O. The summed E-state index contributed by atoms with van der Waals surface area (Å²) in [6.07, 6.45) is 1.12. The molecular formula is C29H26ClN3O4. The van der Waals surface area contributed by atoms with Gasteiger partial charge in [-0.2, -0.15) is 5.10 Å². The van der Waals surface area contributed by atoms with E-state index in [2.05, 4.69) is 22.5 Å². The number of rotatable bonds is 7. The smallest absolute Gasteiger partial charge is 0.407 e. The fraction of sp³-hybridized carbons (Fsp3) is 0.207. The van der Waals surface area contributed by atoms with E-state index in [1.165, 1.54) is 0 Å². The summed E-state index contributed by atoms with van der Waals surface area (Å²) in [5, 5.41) is 17.3. The first-order valence-electron chi connectivity index (χ1n) is 11.9. The molecule has 2 N–H and O–H groups in total. The Hall–Kier alpha value is -4.10. The number of amides is 1. The number of nitrogens with one attached hydrogen (secondary N) is 1. The second-order valence-corrected chi connectivity index (χ2v) is 9.60. The van der Waals surface area contributed by atoms with E-state index in [1.807, 2.05) is 62.6 Å². The Morgan fingerprint density at radius 2 is 1.68 bits per heavy atom. The van der Waals surface area contributed by atoms with Crippen LogP contribution in [-0.2, 0) is 23.0 Å². The number of aryl methyl sites for hydroxylation is 2. The van der Waals surface area contributed by atoms with E-state index in [1.54, 1.807) is 16.8 Å². The van der Waals surface area contributed by atoms with Crippen molar-refractivity contribution in [3.63, 3.8) is 0 Å². The van der Waals surface area contributed by atoms with Gasteiger partial charge in [0.15, 0.2) is 0 Å². The maximum absolute atomic E-state index is 12.8. The molecule has 0 saturated carbocycles. The van der Waals surface area contributed by atoms with Gasteiger partial charge in [0, 0.05) is 36.2 Å². The fourth-order valence-electron chi connectivity index (χ4n) is 5.06. The molecule has 4 aromatic rings. The number of carbonyl (C=O) groups excluding carboxylic acids is 1. The zero-order valence-corrected chi connectivity index (χ0v) is 21.2. The predicted molar refractivity (Wildman–Crippen MR) is 142 cm³/mol. The highest BCUT2D eigenvalue weighted by atomic mass is 35.5. The Bertz CT molecular complexity index is 1450. The molecule has 0 unspecified atom stereocenters. The summed E-state index contributed by atoms with van der Waals surface area (Å²) in [4.78, 5) is 24.9. The lowest BCUT2D eigenvalue weighted by Crippen LogP contribution is -2.43. The lowest BCUT2D eigenvalue weighted by Gasteiger charge is -2.19. The third-order valence-electron chi connectivity index (χ3n) is 6.73. The van der Waals surface area contributed by atoms with E-state index in [9.17, 15) is 14.7 Å². The molecule has 0 radical (unpaired) electrons. The highest BCUT2D eigenvalue weighted by Gasteiger charge is 2.30. The molecule has 1 aliphatic carbocycles. The zero-order chi connectivity index (χ0) is 26.1. The number of aromatic nitrogens is 2. The third-order valence-corrected chi connectivity index (χ3v) is 6.96. The molecule has 8 heteroatoms. The summed E-state index contributed by atoms with van der Waals surface area (Å²) in [6, 6.07) is 20.2. The molecule has 37 heavy (non-hydrogen) atoms. The number of aliphatic carboxylic acids is 1. The number of benzene rings is 3.